The van der Waals surface area contributed by atoms with Gasteiger partial charge in [0.05, 0.1) is 23.8 Å². The van der Waals surface area contributed by atoms with Gasteiger partial charge in [0, 0.05) is 13.1 Å². The molecule has 1 fully saturated rings. The fourth-order valence-electron chi connectivity index (χ4n) is 2.98. The number of nitriles is 1. The Balaban J connectivity index is 1.42. The maximum atomic E-state index is 12.4. The van der Waals surface area contributed by atoms with Crippen LogP contribution in [0.25, 0.3) is 0 Å². The number of carbonyl (C=O) groups excluding carboxylic acids is 3. The average molecular weight is 396 g/mol. The van der Waals surface area contributed by atoms with Gasteiger partial charge in [-0.05, 0) is 49.2 Å². The number of hydrazine groups is 1. The van der Waals surface area contributed by atoms with E-state index in [1.54, 1.807) is 41.3 Å². The Hall–Kier alpha value is -3.80. The number of hydrogen-bond acceptors (Lipinski definition) is 6. The third-order valence-corrected chi connectivity index (χ3v) is 4.49. The van der Waals surface area contributed by atoms with Crippen LogP contribution in [0.15, 0.2) is 47.1 Å². The first-order valence-electron chi connectivity index (χ1n) is 9.11. The van der Waals surface area contributed by atoms with Gasteiger partial charge in [-0.3, -0.25) is 25.2 Å². The second kappa shape index (κ2) is 9.41. The van der Waals surface area contributed by atoms with Crippen LogP contribution in [0.3, 0.4) is 0 Å². The lowest BCUT2D eigenvalue weighted by atomic mass is 9.97. The van der Waals surface area contributed by atoms with E-state index < -0.39 is 11.8 Å². The van der Waals surface area contributed by atoms with E-state index in [-0.39, 0.29) is 30.7 Å². The number of rotatable bonds is 5. The Labute approximate surface area is 167 Å². The summed E-state index contributed by atoms with van der Waals surface area (Å²) < 4.78 is 10.4. The van der Waals surface area contributed by atoms with E-state index in [9.17, 15) is 14.4 Å². The highest BCUT2D eigenvalue weighted by Gasteiger charge is 2.30. The zero-order valence-electron chi connectivity index (χ0n) is 15.6. The number of likely N-dealkylation sites (tertiary alicyclic amines) is 1. The number of ether oxygens (including phenoxy) is 1. The van der Waals surface area contributed by atoms with Gasteiger partial charge in [0.2, 0.25) is 5.91 Å². The summed E-state index contributed by atoms with van der Waals surface area (Å²) in [6.07, 6.45) is 2.72. The number of hydrogen-bond donors (Lipinski definition) is 2. The summed E-state index contributed by atoms with van der Waals surface area (Å²) in [7, 11) is 0. The number of furan rings is 1. The Bertz CT molecular complexity index is 902. The van der Waals surface area contributed by atoms with Gasteiger partial charge in [0.1, 0.15) is 5.75 Å². The summed E-state index contributed by atoms with van der Waals surface area (Å²) in [5.41, 5.74) is 5.17. The van der Waals surface area contributed by atoms with Crippen molar-refractivity contribution in [2.45, 2.75) is 12.8 Å². The van der Waals surface area contributed by atoms with Gasteiger partial charge in [0.15, 0.2) is 12.4 Å². The standard InChI is InChI=1S/C20H20N4O5/c21-11-14-5-7-16(8-6-14)29-13-18(25)22-23-19(26)15-3-1-9-24(12-15)20(27)17-4-2-10-28-17/h2,4-8,10,15H,1,3,9,12-13H2,(H,22,25)(H,23,26). The molecule has 150 valence electrons. The Morgan fingerprint density at radius 2 is 2.00 bits per heavy atom. The van der Waals surface area contributed by atoms with Gasteiger partial charge in [-0.2, -0.15) is 5.26 Å². The predicted octanol–water partition coefficient (Wildman–Crippen LogP) is 1.23. The average Bonchev–Trinajstić information content (AvgIpc) is 3.31. The molecule has 1 aliphatic heterocycles. The predicted molar refractivity (Wildman–Crippen MR) is 100 cm³/mol. The van der Waals surface area contributed by atoms with Crippen LogP contribution in [0.1, 0.15) is 29.0 Å². The molecular weight excluding hydrogens is 376 g/mol. The number of amides is 3. The highest BCUT2D eigenvalue weighted by molar-refractivity contribution is 5.92. The molecule has 1 saturated heterocycles. The van der Waals surface area contributed by atoms with Crippen LogP contribution in [-0.4, -0.2) is 42.3 Å². The summed E-state index contributed by atoms with van der Waals surface area (Å²) >= 11 is 0. The number of benzene rings is 1. The number of nitrogens with zero attached hydrogens (tertiary/aromatic N) is 2. The molecule has 2 aromatic rings. The van der Waals surface area contributed by atoms with Crippen LogP contribution in [0.5, 0.6) is 5.75 Å². The highest BCUT2D eigenvalue weighted by atomic mass is 16.5. The second-order valence-corrected chi connectivity index (χ2v) is 6.53. The smallest absolute Gasteiger partial charge is 0.289 e. The molecule has 0 saturated carbocycles. The monoisotopic (exact) mass is 396 g/mol. The van der Waals surface area contributed by atoms with E-state index >= 15 is 0 Å². The molecule has 3 amide bonds. The van der Waals surface area contributed by atoms with E-state index in [0.29, 0.717) is 30.7 Å². The number of piperidine rings is 1. The molecule has 9 nitrogen and oxygen atoms in total. The minimum Gasteiger partial charge on any atom is -0.484 e. The van der Waals surface area contributed by atoms with E-state index in [1.807, 2.05) is 6.07 Å². The fourth-order valence-corrected chi connectivity index (χ4v) is 2.98. The molecule has 1 aliphatic rings. The zero-order valence-corrected chi connectivity index (χ0v) is 15.6. The van der Waals surface area contributed by atoms with Crippen LogP contribution < -0.4 is 15.6 Å². The van der Waals surface area contributed by atoms with Gasteiger partial charge in [0.25, 0.3) is 11.8 Å². The van der Waals surface area contributed by atoms with Crippen molar-refractivity contribution in [1.29, 1.82) is 5.26 Å². The van der Waals surface area contributed by atoms with Crippen molar-refractivity contribution in [1.82, 2.24) is 15.8 Å². The summed E-state index contributed by atoms with van der Waals surface area (Å²) in [6, 6.07) is 11.5. The van der Waals surface area contributed by atoms with E-state index in [0.717, 1.165) is 0 Å². The molecule has 0 spiro atoms. The topological polar surface area (TPSA) is 125 Å². The fraction of sp³-hybridized carbons (Fsp3) is 0.300. The quantitative estimate of drug-likeness (QED) is 0.733. The Kier molecular flexibility index (Phi) is 6.47. The van der Waals surface area contributed by atoms with Gasteiger partial charge in [-0.1, -0.05) is 0 Å². The maximum Gasteiger partial charge on any atom is 0.289 e. The molecule has 2 N–H and O–H groups in total. The summed E-state index contributed by atoms with van der Waals surface area (Å²) in [5.74, 6) is -0.908. The third-order valence-electron chi connectivity index (χ3n) is 4.49. The third kappa shape index (κ3) is 5.35. The van der Waals surface area contributed by atoms with E-state index in [4.69, 9.17) is 14.4 Å². The summed E-state index contributed by atoms with van der Waals surface area (Å²) in [4.78, 5) is 38.1. The van der Waals surface area contributed by atoms with Crippen molar-refractivity contribution in [3.63, 3.8) is 0 Å². The summed E-state index contributed by atoms with van der Waals surface area (Å²) in [5, 5.41) is 8.75. The van der Waals surface area contributed by atoms with Crippen LogP contribution >= 0.6 is 0 Å². The SMILES string of the molecule is N#Cc1ccc(OCC(=O)NNC(=O)C2CCCN(C(=O)c3ccco3)C2)cc1. The second-order valence-electron chi connectivity index (χ2n) is 6.53. The van der Waals surface area contributed by atoms with E-state index in [2.05, 4.69) is 10.9 Å². The van der Waals surface area contributed by atoms with Crippen molar-refractivity contribution in [3.05, 3.63) is 54.0 Å². The molecule has 1 aromatic carbocycles. The zero-order chi connectivity index (χ0) is 20.6. The molecule has 29 heavy (non-hydrogen) atoms. The number of nitrogens with one attached hydrogen (secondary N) is 2. The first-order valence-corrected chi connectivity index (χ1v) is 9.11. The molecule has 3 rings (SSSR count). The number of carbonyl (C=O) groups is 3. The van der Waals surface area contributed by atoms with Crippen LogP contribution in [-0.2, 0) is 9.59 Å². The maximum absolute atomic E-state index is 12.4. The van der Waals surface area contributed by atoms with Gasteiger partial charge in [-0.25, -0.2) is 0 Å². The molecule has 0 bridgehead atoms. The molecular formula is C20H20N4O5. The normalized spacial score (nSPS) is 15.8. The van der Waals surface area contributed by atoms with Crippen molar-refractivity contribution in [3.8, 4) is 11.8 Å². The molecule has 1 unspecified atom stereocenters. The molecule has 9 heteroatoms. The highest BCUT2D eigenvalue weighted by Crippen LogP contribution is 2.19. The lowest BCUT2D eigenvalue weighted by Crippen LogP contribution is -2.50. The summed E-state index contributed by atoms with van der Waals surface area (Å²) in [6.45, 7) is 0.511. The van der Waals surface area contributed by atoms with Gasteiger partial charge >= 0.3 is 0 Å². The van der Waals surface area contributed by atoms with Crippen LogP contribution in [0, 0.1) is 17.2 Å². The van der Waals surface area contributed by atoms with Gasteiger partial charge in [-0.15, -0.1) is 0 Å². The Morgan fingerprint density at radius 1 is 1.21 bits per heavy atom. The van der Waals surface area contributed by atoms with Crippen molar-refractivity contribution < 1.29 is 23.5 Å². The molecule has 1 atom stereocenters. The molecule has 0 aliphatic carbocycles. The Morgan fingerprint density at radius 3 is 2.69 bits per heavy atom. The van der Waals surface area contributed by atoms with Gasteiger partial charge < -0.3 is 14.1 Å². The van der Waals surface area contributed by atoms with Crippen LogP contribution in [0.2, 0.25) is 0 Å². The van der Waals surface area contributed by atoms with Crippen LogP contribution in [0.4, 0.5) is 0 Å². The molecule has 0 radical (unpaired) electrons. The minimum absolute atomic E-state index is 0.235. The molecule has 2 heterocycles. The largest absolute Gasteiger partial charge is 0.484 e. The minimum atomic E-state index is -0.526. The van der Waals surface area contributed by atoms with Crippen molar-refractivity contribution in [2.75, 3.05) is 19.7 Å². The van der Waals surface area contributed by atoms with E-state index in [1.165, 1.54) is 6.26 Å². The van der Waals surface area contributed by atoms with Crippen molar-refractivity contribution in [2.24, 2.45) is 5.92 Å². The lowest BCUT2D eigenvalue weighted by molar-refractivity contribution is -0.132. The molecule has 1 aromatic heterocycles. The lowest BCUT2D eigenvalue weighted by Gasteiger charge is -2.31. The first-order chi connectivity index (χ1) is 14.1. The van der Waals surface area contributed by atoms with Crippen molar-refractivity contribution >= 4 is 17.7 Å². The first kappa shape index (κ1) is 19.9.